The highest BCUT2D eigenvalue weighted by Crippen LogP contribution is 2.35. The molecule has 9 heteroatoms. The molecule has 4 aromatic rings. The lowest BCUT2D eigenvalue weighted by Gasteiger charge is -2.03. The van der Waals surface area contributed by atoms with Gasteiger partial charge in [0.15, 0.2) is 5.65 Å². The number of H-pyrrole nitrogens is 1. The zero-order valence-corrected chi connectivity index (χ0v) is 17.2. The predicted octanol–water partition coefficient (Wildman–Crippen LogP) is 3.59. The third-order valence-electron chi connectivity index (χ3n) is 4.56. The molecule has 4 rings (SSSR count). The first-order chi connectivity index (χ1) is 13.4. The summed E-state index contributed by atoms with van der Waals surface area (Å²) in [5.74, 6) is 0.414. The number of carbonyl (C=O) groups excluding carboxylic acids is 1. The van der Waals surface area contributed by atoms with Crippen LogP contribution in [-0.4, -0.2) is 35.5 Å². The Kier molecular flexibility index (Phi) is 4.46. The second-order valence-electron chi connectivity index (χ2n) is 6.73. The van der Waals surface area contributed by atoms with Gasteiger partial charge in [0.2, 0.25) is 5.91 Å². The lowest BCUT2D eigenvalue weighted by Crippen LogP contribution is -2.09. The fraction of sp³-hybridized carbons (Fsp3) is 0.263. The van der Waals surface area contributed by atoms with Gasteiger partial charge in [-0.25, -0.2) is 0 Å². The quantitative estimate of drug-likeness (QED) is 0.551. The molecule has 0 aliphatic heterocycles. The van der Waals surface area contributed by atoms with Gasteiger partial charge in [-0.05, 0) is 39.3 Å². The molecule has 144 valence electrons. The summed E-state index contributed by atoms with van der Waals surface area (Å²) in [5.41, 5.74) is 5.17. The molecule has 0 aliphatic rings. The molecule has 0 fully saturated rings. The molecule has 3 aromatic heterocycles. The Morgan fingerprint density at radius 2 is 1.89 bits per heavy atom. The van der Waals surface area contributed by atoms with Crippen molar-refractivity contribution < 1.29 is 4.79 Å². The van der Waals surface area contributed by atoms with Crippen LogP contribution >= 0.6 is 11.8 Å². The van der Waals surface area contributed by atoms with E-state index in [9.17, 15) is 4.79 Å². The number of fused-ring (bicyclic) bond motifs is 1. The van der Waals surface area contributed by atoms with E-state index in [1.165, 1.54) is 17.4 Å². The minimum absolute atomic E-state index is 0.134. The summed E-state index contributed by atoms with van der Waals surface area (Å²) in [7, 11) is 0. The number of carbonyl (C=O) groups is 1. The highest BCUT2D eigenvalue weighted by molar-refractivity contribution is 7.99. The van der Waals surface area contributed by atoms with Gasteiger partial charge in [-0.3, -0.25) is 9.89 Å². The van der Waals surface area contributed by atoms with Gasteiger partial charge in [-0.1, -0.05) is 30.0 Å². The van der Waals surface area contributed by atoms with Crippen LogP contribution in [-0.2, 0) is 4.79 Å². The van der Waals surface area contributed by atoms with Gasteiger partial charge < -0.3 is 5.32 Å². The lowest BCUT2D eigenvalue weighted by molar-refractivity contribution is -0.114. The number of aromatic amines is 1. The van der Waals surface area contributed by atoms with Crippen LogP contribution in [0, 0.1) is 27.7 Å². The lowest BCUT2D eigenvalue weighted by atomic mass is 10.2. The summed E-state index contributed by atoms with van der Waals surface area (Å²) >= 11 is 1.67. The molecule has 0 bridgehead atoms. The van der Waals surface area contributed by atoms with E-state index in [-0.39, 0.29) is 5.91 Å². The first-order valence-electron chi connectivity index (χ1n) is 8.88. The van der Waals surface area contributed by atoms with Crippen molar-refractivity contribution in [1.29, 1.82) is 0 Å². The van der Waals surface area contributed by atoms with Gasteiger partial charge in [-0.15, -0.1) is 10.2 Å². The van der Waals surface area contributed by atoms with Gasteiger partial charge in [0.1, 0.15) is 0 Å². The zero-order chi connectivity index (χ0) is 20.0. The SMILES string of the molecule is CC(=O)Nc1c(C)nn(-c2nnc3c(Sc4ccccc4C)c(C)[nH]n23)c1C. The van der Waals surface area contributed by atoms with Crippen molar-refractivity contribution in [2.45, 2.75) is 44.4 Å². The topological polar surface area (TPSA) is 92.9 Å². The summed E-state index contributed by atoms with van der Waals surface area (Å²) in [4.78, 5) is 13.7. The normalized spacial score (nSPS) is 11.3. The second kappa shape index (κ2) is 6.83. The largest absolute Gasteiger partial charge is 0.323 e. The third-order valence-corrected chi connectivity index (χ3v) is 5.93. The number of hydrogen-bond acceptors (Lipinski definition) is 5. The molecular formula is C19H21N7OS. The van der Waals surface area contributed by atoms with Gasteiger partial charge in [0.05, 0.1) is 22.0 Å². The molecule has 2 N–H and O–H groups in total. The molecule has 0 spiro atoms. The van der Waals surface area contributed by atoms with Crippen molar-refractivity contribution in [1.82, 2.24) is 29.6 Å². The maximum Gasteiger partial charge on any atom is 0.271 e. The monoisotopic (exact) mass is 395 g/mol. The molecule has 0 atom stereocenters. The van der Waals surface area contributed by atoms with Crippen LogP contribution < -0.4 is 5.32 Å². The van der Waals surface area contributed by atoms with Crippen molar-refractivity contribution in [3.8, 4) is 5.95 Å². The highest BCUT2D eigenvalue weighted by Gasteiger charge is 2.21. The van der Waals surface area contributed by atoms with E-state index in [1.807, 2.05) is 37.4 Å². The third kappa shape index (κ3) is 2.97. The summed E-state index contributed by atoms with van der Waals surface area (Å²) in [6.45, 7) is 9.34. The Labute approximate surface area is 166 Å². The van der Waals surface area contributed by atoms with Crippen molar-refractivity contribution in [3.05, 3.63) is 46.9 Å². The molecule has 0 unspecified atom stereocenters. The van der Waals surface area contributed by atoms with Crippen LogP contribution in [0.5, 0.6) is 0 Å². The Bertz CT molecular complexity index is 1200. The second-order valence-corrected chi connectivity index (χ2v) is 7.78. The van der Waals surface area contributed by atoms with E-state index in [0.29, 0.717) is 11.6 Å². The fourth-order valence-electron chi connectivity index (χ4n) is 3.15. The van der Waals surface area contributed by atoms with Crippen LogP contribution in [0.2, 0.25) is 0 Å². The molecule has 0 saturated carbocycles. The first kappa shape index (κ1) is 18.3. The minimum atomic E-state index is -0.134. The van der Waals surface area contributed by atoms with Crippen LogP contribution in [0.25, 0.3) is 11.6 Å². The average Bonchev–Trinajstić information content (AvgIpc) is 3.26. The number of anilines is 1. The summed E-state index contributed by atoms with van der Waals surface area (Å²) in [6.07, 6.45) is 0. The maximum atomic E-state index is 11.5. The molecule has 0 saturated heterocycles. The van der Waals surface area contributed by atoms with Crippen LogP contribution in [0.4, 0.5) is 5.69 Å². The smallest absolute Gasteiger partial charge is 0.271 e. The Morgan fingerprint density at radius 1 is 1.14 bits per heavy atom. The van der Waals surface area contributed by atoms with Crippen molar-refractivity contribution in [3.63, 3.8) is 0 Å². The first-order valence-corrected chi connectivity index (χ1v) is 9.70. The maximum absolute atomic E-state index is 11.5. The van der Waals surface area contributed by atoms with Crippen molar-refractivity contribution in [2.24, 2.45) is 0 Å². The van der Waals surface area contributed by atoms with E-state index in [1.54, 1.807) is 16.4 Å². The van der Waals surface area contributed by atoms with Crippen molar-refractivity contribution in [2.75, 3.05) is 5.32 Å². The molecule has 3 heterocycles. The van der Waals surface area contributed by atoms with Gasteiger partial charge >= 0.3 is 0 Å². The molecule has 0 aliphatic carbocycles. The van der Waals surface area contributed by atoms with Gasteiger partial charge in [0, 0.05) is 17.5 Å². The summed E-state index contributed by atoms with van der Waals surface area (Å²) in [5, 5.41) is 19.4. The molecule has 28 heavy (non-hydrogen) atoms. The molecule has 8 nitrogen and oxygen atoms in total. The van der Waals surface area contributed by atoms with Crippen LogP contribution in [0.15, 0.2) is 34.1 Å². The van der Waals surface area contributed by atoms with Gasteiger partial charge in [0.25, 0.3) is 5.95 Å². The number of amides is 1. The number of rotatable bonds is 4. The Hall–Kier alpha value is -3.07. The fourth-order valence-corrected chi connectivity index (χ4v) is 4.16. The number of nitrogens with zero attached hydrogens (tertiary/aromatic N) is 5. The van der Waals surface area contributed by atoms with E-state index < -0.39 is 0 Å². The summed E-state index contributed by atoms with van der Waals surface area (Å²) in [6, 6.07) is 8.25. The average molecular weight is 395 g/mol. The highest BCUT2D eigenvalue weighted by atomic mass is 32.2. The van der Waals surface area contributed by atoms with E-state index in [2.05, 4.69) is 44.8 Å². The Balaban J connectivity index is 1.80. The minimum Gasteiger partial charge on any atom is -0.323 e. The number of nitrogens with one attached hydrogen (secondary N) is 2. The molecular weight excluding hydrogens is 374 g/mol. The van der Waals surface area contributed by atoms with E-state index in [0.717, 1.165) is 27.6 Å². The van der Waals surface area contributed by atoms with E-state index in [4.69, 9.17) is 0 Å². The van der Waals surface area contributed by atoms with Crippen LogP contribution in [0.1, 0.15) is 29.6 Å². The molecule has 1 aromatic carbocycles. The Morgan fingerprint density at radius 3 is 2.61 bits per heavy atom. The van der Waals surface area contributed by atoms with Crippen molar-refractivity contribution >= 4 is 29.0 Å². The zero-order valence-electron chi connectivity index (χ0n) is 16.4. The standard InChI is InChI=1S/C19H21N7OS/c1-10-8-6-7-9-15(10)28-17-12(3)24-26-18(17)21-22-19(26)25-13(4)16(11(2)23-25)20-14(5)27/h6-9,24H,1-5H3,(H,20,27). The van der Waals surface area contributed by atoms with E-state index >= 15 is 0 Å². The van der Waals surface area contributed by atoms with Crippen LogP contribution in [0.3, 0.4) is 0 Å². The van der Waals surface area contributed by atoms with Gasteiger partial charge in [-0.2, -0.15) is 14.3 Å². The molecule has 0 radical (unpaired) electrons. The summed E-state index contributed by atoms with van der Waals surface area (Å²) < 4.78 is 3.52. The number of aromatic nitrogens is 6. The number of benzene rings is 1. The predicted molar refractivity (Wildman–Crippen MR) is 108 cm³/mol. The molecule has 1 amide bonds. The number of aryl methyl sites for hydroxylation is 3. The number of hydrogen-bond donors (Lipinski definition) is 2.